The van der Waals surface area contributed by atoms with Crippen molar-refractivity contribution >= 4 is 0 Å². The summed E-state index contributed by atoms with van der Waals surface area (Å²) in [6.45, 7) is 4.33. The standard InChI is InChI=1S/C11H20N4O/c1-8-5-4-6-11(16,9(8)2)7-10-12-14-15(3)13-10/h8-9,16H,4-7H2,1-3H3. The highest BCUT2D eigenvalue weighted by molar-refractivity contribution is 4.97. The molecule has 1 heterocycles. The molecule has 1 aliphatic carbocycles. The first-order valence-electron chi connectivity index (χ1n) is 5.96. The lowest BCUT2D eigenvalue weighted by Crippen LogP contribution is -2.45. The van der Waals surface area contributed by atoms with Crippen molar-refractivity contribution in [2.45, 2.75) is 45.1 Å². The normalized spacial score (nSPS) is 35.2. The van der Waals surface area contributed by atoms with Crippen LogP contribution in [-0.2, 0) is 13.5 Å². The summed E-state index contributed by atoms with van der Waals surface area (Å²) in [5.41, 5.74) is -0.652. The zero-order valence-corrected chi connectivity index (χ0v) is 10.2. The second kappa shape index (κ2) is 4.13. The summed E-state index contributed by atoms with van der Waals surface area (Å²) >= 11 is 0. The highest BCUT2D eigenvalue weighted by atomic mass is 16.3. The molecule has 0 spiro atoms. The van der Waals surface area contributed by atoms with Crippen LogP contribution in [0.2, 0.25) is 0 Å². The Morgan fingerprint density at radius 2 is 2.25 bits per heavy atom. The van der Waals surface area contributed by atoms with Crippen LogP contribution >= 0.6 is 0 Å². The molecule has 1 aliphatic rings. The van der Waals surface area contributed by atoms with Crippen molar-refractivity contribution in [1.29, 1.82) is 0 Å². The first-order chi connectivity index (χ1) is 7.51. The maximum atomic E-state index is 10.7. The lowest BCUT2D eigenvalue weighted by atomic mass is 9.69. The SMILES string of the molecule is CC1CCCC(O)(Cc2nnn(C)n2)C1C. The fourth-order valence-electron chi connectivity index (χ4n) is 2.65. The van der Waals surface area contributed by atoms with E-state index < -0.39 is 5.60 Å². The zero-order chi connectivity index (χ0) is 11.8. The molecule has 2 rings (SSSR count). The monoisotopic (exact) mass is 224 g/mol. The molecule has 0 aliphatic heterocycles. The molecule has 0 saturated heterocycles. The van der Waals surface area contributed by atoms with Crippen LogP contribution in [0.25, 0.3) is 0 Å². The number of tetrazole rings is 1. The van der Waals surface area contributed by atoms with Crippen LogP contribution in [0.5, 0.6) is 0 Å². The summed E-state index contributed by atoms with van der Waals surface area (Å²) in [5, 5.41) is 22.6. The van der Waals surface area contributed by atoms with Crippen molar-refractivity contribution < 1.29 is 5.11 Å². The van der Waals surface area contributed by atoms with Crippen LogP contribution in [-0.4, -0.2) is 30.9 Å². The predicted molar refractivity (Wildman–Crippen MR) is 59.6 cm³/mol. The van der Waals surface area contributed by atoms with E-state index in [2.05, 4.69) is 29.3 Å². The third-order valence-electron chi connectivity index (χ3n) is 3.98. The van der Waals surface area contributed by atoms with Crippen LogP contribution in [0, 0.1) is 11.8 Å². The fraction of sp³-hybridized carbons (Fsp3) is 0.909. The third kappa shape index (κ3) is 2.09. The molecular formula is C11H20N4O. The molecule has 1 saturated carbocycles. The van der Waals surface area contributed by atoms with Crippen molar-refractivity contribution in [2.75, 3.05) is 0 Å². The second-order valence-corrected chi connectivity index (χ2v) is 5.13. The average molecular weight is 224 g/mol. The Bertz CT molecular complexity index is 365. The smallest absolute Gasteiger partial charge is 0.177 e. The number of aliphatic hydroxyl groups is 1. The van der Waals surface area contributed by atoms with Gasteiger partial charge in [0.1, 0.15) is 0 Å². The minimum absolute atomic E-state index is 0.296. The highest BCUT2D eigenvalue weighted by Crippen LogP contribution is 2.39. The lowest BCUT2D eigenvalue weighted by molar-refractivity contribution is -0.0634. The topological polar surface area (TPSA) is 63.8 Å². The van der Waals surface area contributed by atoms with Gasteiger partial charge in [-0.05, 0) is 23.5 Å². The Morgan fingerprint density at radius 1 is 1.50 bits per heavy atom. The van der Waals surface area contributed by atoms with E-state index in [1.165, 1.54) is 11.2 Å². The number of aryl methyl sites for hydroxylation is 1. The van der Waals surface area contributed by atoms with Gasteiger partial charge in [-0.2, -0.15) is 4.80 Å². The fourth-order valence-corrected chi connectivity index (χ4v) is 2.65. The van der Waals surface area contributed by atoms with Gasteiger partial charge < -0.3 is 5.11 Å². The Balaban J connectivity index is 2.12. The molecular weight excluding hydrogens is 204 g/mol. The molecule has 0 radical (unpaired) electrons. The van der Waals surface area contributed by atoms with Gasteiger partial charge in [-0.15, -0.1) is 10.2 Å². The third-order valence-corrected chi connectivity index (χ3v) is 3.98. The summed E-state index contributed by atoms with van der Waals surface area (Å²) in [5.74, 6) is 1.51. The van der Waals surface area contributed by atoms with Crippen molar-refractivity contribution in [2.24, 2.45) is 18.9 Å². The van der Waals surface area contributed by atoms with Gasteiger partial charge >= 0.3 is 0 Å². The number of hydrogen-bond donors (Lipinski definition) is 1. The first-order valence-corrected chi connectivity index (χ1v) is 5.96. The summed E-state index contributed by atoms with van der Waals surface area (Å²) < 4.78 is 0. The van der Waals surface area contributed by atoms with Gasteiger partial charge in [-0.3, -0.25) is 0 Å². The predicted octanol–water partition coefficient (Wildman–Crippen LogP) is 0.940. The molecule has 16 heavy (non-hydrogen) atoms. The Hall–Kier alpha value is -0.970. The van der Waals surface area contributed by atoms with Gasteiger partial charge in [0, 0.05) is 6.42 Å². The largest absolute Gasteiger partial charge is 0.389 e. The first kappa shape index (κ1) is 11.5. The van der Waals surface area contributed by atoms with Crippen molar-refractivity contribution in [3.8, 4) is 0 Å². The van der Waals surface area contributed by atoms with Gasteiger partial charge in [0.05, 0.1) is 12.6 Å². The number of nitrogens with zero attached hydrogens (tertiary/aromatic N) is 4. The van der Waals surface area contributed by atoms with Crippen molar-refractivity contribution in [3.05, 3.63) is 5.82 Å². The molecule has 3 atom stereocenters. The summed E-state index contributed by atoms with van der Waals surface area (Å²) in [4.78, 5) is 1.44. The van der Waals surface area contributed by atoms with Crippen molar-refractivity contribution in [1.82, 2.24) is 20.2 Å². The molecule has 1 fully saturated rings. The molecule has 1 N–H and O–H groups in total. The Morgan fingerprint density at radius 3 is 2.88 bits per heavy atom. The van der Waals surface area contributed by atoms with E-state index in [0.29, 0.717) is 24.1 Å². The average Bonchev–Trinajstić information content (AvgIpc) is 2.60. The van der Waals surface area contributed by atoms with Gasteiger partial charge in [-0.25, -0.2) is 0 Å². The van der Waals surface area contributed by atoms with E-state index in [9.17, 15) is 5.11 Å². The molecule has 1 aromatic heterocycles. The quantitative estimate of drug-likeness (QED) is 0.812. The lowest BCUT2D eigenvalue weighted by Gasteiger charge is -2.41. The minimum atomic E-state index is -0.652. The van der Waals surface area contributed by atoms with Gasteiger partial charge in [0.2, 0.25) is 0 Å². The van der Waals surface area contributed by atoms with E-state index in [0.717, 1.165) is 12.8 Å². The number of aromatic nitrogens is 4. The molecule has 1 aromatic rings. The van der Waals surface area contributed by atoms with Crippen LogP contribution in [0.4, 0.5) is 0 Å². The molecule has 0 amide bonds. The van der Waals surface area contributed by atoms with E-state index >= 15 is 0 Å². The minimum Gasteiger partial charge on any atom is -0.389 e. The number of hydrogen-bond acceptors (Lipinski definition) is 4. The second-order valence-electron chi connectivity index (χ2n) is 5.13. The molecule has 3 unspecified atom stereocenters. The summed E-state index contributed by atoms with van der Waals surface area (Å²) in [6.07, 6.45) is 3.66. The molecule has 0 bridgehead atoms. The van der Waals surface area contributed by atoms with E-state index in [1.54, 1.807) is 7.05 Å². The summed E-state index contributed by atoms with van der Waals surface area (Å²) in [7, 11) is 1.74. The molecule has 0 aromatic carbocycles. The van der Waals surface area contributed by atoms with E-state index in [1.807, 2.05) is 0 Å². The van der Waals surface area contributed by atoms with Gasteiger partial charge in [0.15, 0.2) is 5.82 Å². The van der Waals surface area contributed by atoms with E-state index in [4.69, 9.17) is 0 Å². The zero-order valence-electron chi connectivity index (χ0n) is 10.2. The highest BCUT2D eigenvalue weighted by Gasteiger charge is 2.40. The maximum Gasteiger partial charge on any atom is 0.177 e. The molecule has 90 valence electrons. The molecule has 5 heteroatoms. The molecule has 5 nitrogen and oxygen atoms in total. The van der Waals surface area contributed by atoms with E-state index in [-0.39, 0.29) is 0 Å². The maximum absolute atomic E-state index is 10.7. The van der Waals surface area contributed by atoms with Gasteiger partial charge in [0.25, 0.3) is 0 Å². The summed E-state index contributed by atoms with van der Waals surface area (Å²) in [6, 6.07) is 0. The van der Waals surface area contributed by atoms with Crippen LogP contribution in [0.1, 0.15) is 38.9 Å². The van der Waals surface area contributed by atoms with Crippen LogP contribution in [0.15, 0.2) is 0 Å². The Kier molecular flexibility index (Phi) is 2.97. The van der Waals surface area contributed by atoms with Crippen LogP contribution < -0.4 is 0 Å². The Labute approximate surface area is 95.9 Å². The number of rotatable bonds is 2. The van der Waals surface area contributed by atoms with Crippen LogP contribution in [0.3, 0.4) is 0 Å². The van der Waals surface area contributed by atoms with Gasteiger partial charge in [-0.1, -0.05) is 26.7 Å². The van der Waals surface area contributed by atoms with Crippen molar-refractivity contribution in [3.63, 3.8) is 0 Å².